The van der Waals surface area contributed by atoms with Crippen molar-refractivity contribution in [3.05, 3.63) is 0 Å². The Hall–Kier alpha value is -0.120. The zero-order chi connectivity index (χ0) is 9.68. The number of hydrogen-bond acceptors (Lipinski definition) is 3. The van der Waals surface area contributed by atoms with Crippen molar-refractivity contribution in [1.29, 1.82) is 0 Å². The molecule has 78 valence electrons. The first-order valence-corrected chi connectivity index (χ1v) is 5.27. The largest absolute Gasteiger partial charge is 0.380 e. The van der Waals surface area contributed by atoms with Gasteiger partial charge in [0.15, 0.2) is 0 Å². The SMILES string of the molecule is CCC(N)CCN1CCC(OC)C1. The van der Waals surface area contributed by atoms with Crippen LogP contribution in [0.4, 0.5) is 0 Å². The zero-order valence-corrected chi connectivity index (χ0v) is 8.83. The molecule has 13 heavy (non-hydrogen) atoms. The monoisotopic (exact) mass is 186 g/mol. The van der Waals surface area contributed by atoms with E-state index in [4.69, 9.17) is 10.5 Å². The Labute approximate surface area is 81.2 Å². The molecule has 1 fully saturated rings. The summed E-state index contributed by atoms with van der Waals surface area (Å²) in [6, 6.07) is 0.376. The fourth-order valence-corrected chi connectivity index (χ4v) is 1.75. The maximum atomic E-state index is 5.86. The average molecular weight is 186 g/mol. The molecule has 1 rings (SSSR count). The first-order valence-electron chi connectivity index (χ1n) is 5.27. The van der Waals surface area contributed by atoms with Gasteiger partial charge < -0.3 is 15.4 Å². The summed E-state index contributed by atoms with van der Waals surface area (Å²) in [4.78, 5) is 2.45. The Morgan fingerprint density at radius 3 is 2.92 bits per heavy atom. The summed E-state index contributed by atoms with van der Waals surface area (Å²) in [5.74, 6) is 0. The molecule has 1 saturated heterocycles. The van der Waals surface area contributed by atoms with Crippen molar-refractivity contribution in [1.82, 2.24) is 4.90 Å². The van der Waals surface area contributed by atoms with Crippen molar-refractivity contribution in [2.75, 3.05) is 26.7 Å². The normalized spacial score (nSPS) is 26.5. The van der Waals surface area contributed by atoms with Gasteiger partial charge in [0.1, 0.15) is 0 Å². The summed E-state index contributed by atoms with van der Waals surface area (Å²) in [5, 5.41) is 0. The molecule has 0 spiro atoms. The summed E-state index contributed by atoms with van der Waals surface area (Å²) >= 11 is 0. The van der Waals surface area contributed by atoms with E-state index in [1.54, 1.807) is 7.11 Å². The number of hydrogen-bond donors (Lipinski definition) is 1. The Morgan fingerprint density at radius 1 is 1.62 bits per heavy atom. The quantitative estimate of drug-likeness (QED) is 0.691. The summed E-state index contributed by atoms with van der Waals surface area (Å²) in [6.45, 7) is 5.54. The highest BCUT2D eigenvalue weighted by atomic mass is 16.5. The maximum absolute atomic E-state index is 5.86. The zero-order valence-electron chi connectivity index (χ0n) is 8.83. The Balaban J connectivity index is 2.10. The standard InChI is InChI=1S/C10H22N2O/c1-3-9(11)4-6-12-7-5-10(8-12)13-2/h9-10H,3-8,11H2,1-2H3. The van der Waals surface area contributed by atoms with Gasteiger partial charge >= 0.3 is 0 Å². The molecule has 0 saturated carbocycles. The van der Waals surface area contributed by atoms with Gasteiger partial charge in [-0.25, -0.2) is 0 Å². The van der Waals surface area contributed by atoms with E-state index >= 15 is 0 Å². The van der Waals surface area contributed by atoms with Crippen molar-refractivity contribution < 1.29 is 4.74 Å². The number of methoxy groups -OCH3 is 1. The van der Waals surface area contributed by atoms with Gasteiger partial charge in [-0.3, -0.25) is 0 Å². The van der Waals surface area contributed by atoms with Crippen LogP contribution in [0.2, 0.25) is 0 Å². The molecule has 2 N–H and O–H groups in total. The fourth-order valence-electron chi connectivity index (χ4n) is 1.75. The van der Waals surface area contributed by atoms with Crippen LogP contribution in [0.15, 0.2) is 0 Å². The highest BCUT2D eigenvalue weighted by Gasteiger charge is 2.21. The predicted molar refractivity (Wildman–Crippen MR) is 54.7 cm³/mol. The minimum atomic E-state index is 0.376. The van der Waals surface area contributed by atoms with Crippen molar-refractivity contribution in [2.45, 2.75) is 38.3 Å². The Kier molecular flexibility index (Phi) is 4.70. The summed E-state index contributed by atoms with van der Waals surface area (Å²) in [5.41, 5.74) is 5.86. The lowest BCUT2D eigenvalue weighted by molar-refractivity contribution is 0.108. The lowest BCUT2D eigenvalue weighted by atomic mass is 10.2. The van der Waals surface area contributed by atoms with Crippen molar-refractivity contribution in [2.24, 2.45) is 5.73 Å². The molecule has 0 aromatic rings. The molecule has 1 aliphatic rings. The van der Waals surface area contributed by atoms with Gasteiger partial charge in [-0.2, -0.15) is 0 Å². The van der Waals surface area contributed by atoms with E-state index in [2.05, 4.69) is 11.8 Å². The molecule has 3 nitrogen and oxygen atoms in total. The summed E-state index contributed by atoms with van der Waals surface area (Å²) in [6.07, 6.45) is 3.84. The molecule has 3 heteroatoms. The number of nitrogens with zero attached hydrogens (tertiary/aromatic N) is 1. The first-order chi connectivity index (χ1) is 6.26. The summed E-state index contributed by atoms with van der Waals surface area (Å²) < 4.78 is 5.30. The van der Waals surface area contributed by atoms with Crippen LogP contribution in [-0.4, -0.2) is 43.8 Å². The molecule has 0 aromatic carbocycles. The van der Waals surface area contributed by atoms with Gasteiger partial charge in [-0.1, -0.05) is 6.92 Å². The lowest BCUT2D eigenvalue weighted by Crippen LogP contribution is -2.29. The van der Waals surface area contributed by atoms with Crippen molar-refractivity contribution in [3.63, 3.8) is 0 Å². The van der Waals surface area contributed by atoms with Gasteiger partial charge in [0.25, 0.3) is 0 Å². The first kappa shape index (κ1) is 11.0. The topological polar surface area (TPSA) is 38.5 Å². The van der Waals surface area contributed by atoms with E-state index in [1.165, 1.54) is 13.0 Å². The van der Waals surface area contributed by atoms with Crippen LogP contribution >= 0.6 is 0 Å². The minimum Gasteiger partial charge on any atom is -0.380 e. The third-order valence-corrected chi connectivity index (χ3v) is 2.90. The Bertz CT molecular complexity index is 141. The van der Waals surface area contributed by atoms with E-state index in [0.29, 0.717) is 12.1 Å². The third-order valence-electron chi connectivity index (χ3n) is 2.90. The molecule has 1 aliphatic heterocycles. The fraction of sp³-hybridized carbons (Fsp3) is 1.00. The minimum absolute atomic E-state index is 0.376. The van der Waals surface area contributed by atoms with Gasteiger partial charge in [0.2, 0.25) is 0 Å². The van der Waals surface area contributed by atoms with Gasteiger partial charge in [0, 0.05) is 26.2 Å². The smallest absolute Gasteiger partial charge is 0.0710 e. The molecule has 0 amide bonds. The van der Waals surface area contributed by atoms with Crippen LogP contribution in [0, 0.1) is 0 Å². The molecular formula is C10H22N2O. The van der Waals surface area contributed by atoms with Crippen LogP contribution < -0.4 is 5.73 Å². The second-order valence-electron chi connectivity index (χ2n) is 3.90. The number of rotatable bonds is 5. The molecule has 0 aliphatic carbocycles. The lowest BCUT2D eigenvalue weighted by Gasteiger charge is -2.17. The van der Waals surface area contributed by atoms with E-state index in [9.17, 15) is 0 Å². The van der Waals surface area contributed by atoms with Crippen LogP contribution in [0.5, 0.6) is 0 Å². The molecule has 0 aromatic heterocycles. The summed E-state index contributed by atoms with van der Waals surface area (Å²) in [7, 11) is 1.80. The highest BCUT2D eigenvalue weighted by Crippen LogP contribution is 2.12. The third kappa shape index (κ3) is 3.63. The number of likely N-dealkylation sites (tertiary alicyclic amines) is 1. The molecule has 2 unspecified atom stereocenters. The van der Waals surface area contributed by atoms with Crippen LogP contribution in [0.3, 0.4) is 0 Å². The molecular weight excluding hydrogens is 164 g/mol. The van der Waals surface area contributed by atoms with Gasteiger partial charge in [0.05, 0.1) is 6.10 Å². The van der Waals surface area contributed by atoms with Crippen LogP contribution in [0.25, 0.3) is 0 Å². The van der Waals surface area contributed by atoms with E-state index < -0.39 is 0 Å². The van der Waals surface area contributed by atoms with E-state index in [-0.39, 0.29) is 0 Å². The Morgan fingerprint density at radius 2 is 2.38 bits per heavy atom. The average Bonchev–Trinajstić information content (AvgIpc) is 2.61. The number of ether oxygens (including phenoxy) is 1. The molecule has 0 radical (unpaired) electrons. The second-order valence-corrected chi connectivity index (χ2v) is 3.90. The number of nitrogens with two attached hydrogens (primary N) is 1. The second kappa shape index (κ2) is 5.58. The molecule has 0 bridgehead atoms. The highest BCUT2D eigenvalue weighted by molar-refractivity contribution is 4.76. The van der Waals surface area contributed by atoms with E-state index in [1.807, 2.05) is 0 Å². The van der Waals surface area contributed by atoms with Gasteiger partial charge in [-0.05, 0) is 25.8 Å². The molecule has 1 heterocycles. The van der Waals surface area contributed by atoms with Crippen molar-refractivity contribution in [3.8, 4) is 0 Å². The van der Waals surface area contributed by atoms with Gasteiger partial charge in [-0.15, -0.1) is 0 Å². The van der Waals surface area contributed by atoms with Crippen LogP contribution in [0.1, 0.15) is 26.2 Å². The maximum Gasteiger partial charge on any atom is 0.0710 e. The van der Waals surface area contributed by atoms with Crippen LogP contribution in [-0.2, 0) is 4.74 Å². The predicted octanol–water partition coefficient (Wildman–Crippen LogP) is 0.834. The molecule has 2 atom stereocenters. The van der Waals surface area contributed by atoms with E-state index in [0.717, 1.165) is 25.9 Å². The van der Waals surface area contributed by atoms with Crippen molar-refractivity contribution >= 4 is 0 Å².